The maximum Gasteiger partial charge on any atom is 0.314 e. The zero-order valence-electron chi connectivity index (χ0n) is 6.81. The van der Waals surface area contributed by atoms with E-state index < -0.39 is 0 Å². The van der Waals surface area contributed by atoms with Gasteiger partial charge in [-0.15, -0.1) is 0 Å². The zero-order valence-corrected chi connectivity index (χ0v) is 6.81. The van der Waals surface area contributed by atoms with Crippen LogP contribution >= 0.6 is 0 Å². The van der Waals surface area contributed by atoms with Gasteiger partial charge in [-0.2, -0.15) is 0 Å². The molecule has 0 unspecified atom stereocenters. The van der Waals surface area contributed by atoms with Crippen LogP contribution in [0.2, 0.25) is 0 Å². The maximum atomic E-state index is 10.7. The number of urea groups is 1. The summed E-state index contributed by atoms with van der Waals surface area (Å²) in [6.07, 6.45) is 2.39. The fraction of sp³-hybridized carbons (Fsp3) is 0.857. The average Bonchev–Trinajstić information content (AvgIpc) is 2.52. The summed E-state index contributed by atoms with van der Waals surface area (Å²) < 4.78 is 0. The number of carbonyl (C=O) groups excluding carboxylic acids is 1. The summed E-state index contributed by atoms with van der Waals surface area (Å²) in [5.74, 6) is 0. The van der Waals surface area contributed by atoms with Gasteiger partial charge in [-0.3, -0.25) is 0 Å². The molecule has 11 heavy (non-hydrogen) atoms. The smallest absolute Gasteiger partial charge is 0.314 e. The Morgan fingerprint density at radius 1 is 1.73 bits per heavy atom. The van der Waals surface area contributed by atoms with Crippen molar-refractivity contribution >= 4 is 6.03 Å². The Labute approximate surface area is 66.7 Å². The van der Waals surface area contributed by atoms with Crippen LogP contribution in [-0.2, 0) is 0 Å². The highest BCUT2D eigenvalue weighted by Gasteiger charge is 2.13. The van der Waals surface area contributed by atoms with Crippen molar-refractivity contribution in [3.8, 4) is 0 Å². The van der Waals surface area contributed by atoms with Crippen LogP contribution in [-0.4, -0.2) is 32.2 Å². The molecule has 2 amide bonds. The Hall–Kier alpha value is -0.770. The maximum absolute atomic E-state index is 10.7. The van der Waals surface area contributed by atoms with E-state index in [1.54, 1.807) is 7.05 Å². The number of hydrogen-bond donors (Lipinski definition) is 3. The first-order valence-corrected chi connectivity index (χ1v) is 4.02. The van der Waals surface area contributed by atoms with Crippen molar-refractivity contribution in [2.24, 2.45) is 0 Å². The molecule has 64 valence electrons. The number of rotatable bonds is 2. The van der Waals surface area contributed by atoms with Crippen LogP contribution in [0.4, 0.5) is 4.79 Å². The minimum Gasteiger partial charge on any atom is -0.341 e. The standard InChI is InChI=1S/C7H15N3O/c1-8-7(11)10-5-6-3-2-4-9-6/h6,9H,2-5H2,1H3,(H2,8,10,11)/t6-/m0/s1. The number of carbonyl (C=O) groups is 1. The highest BCUT2D eigenvalue weighted by atomic mass is 16.2. The van der Waals surface area contributed by atoms with Gasteiger partial charge in [0, 0.05) is 19.6 Å². The second kappa shape index (κ2) is 4.18. The molecule has 1 heterocycles. The lowest BCUT2D eigenvalue weighted by Crippen LogP contribution is -2.41. The molecule has 0 aromatic heterocycles. The van der Waals surface area contributed by atoms with Crippen molar-refractivity contribution in [1.82, 2.24) is 16.0 Å². The van der Waals surface area contributed by atoms with E-state index in [9.17, 15) is 4.79 Å². The van der Waals surface area contributed by atoms with Crippen molar-refractivity contribution in [3.63, 3.8) is 0 Å². The lowest BCUT2D eigenvalue weighted by atomic mass is 10.2. The minimum atomic E-state index is -0.0984. The van der Waals surface area contributed by atoms with Gasteiger partial charge < -0.3 is 16.0 Å². The second-order valence-electron chi connectivity index (χ2n) is 2.75. The van der Waals surface area contributed by atoms with E-state index in [-0.39, 0.29) is 6.03 Å². The SMILES string of the molecule is CNC(=O)NC[C@@H]1CCCN1. The van der Waals surface area contributed by atoms with Gasteiger partial charge in [-0.25, -0.2) is 4.79 Å². The summed E-state index contributed by atoms with van der Waals surface area (Å²) in [6, 6.07) is 0.381. The predicted molar refractivity (Wildman–Crippen MR) is 43.5 cm³/mol. The van der Waals surface area contributed by atoms with Gasteiger partial charge in [-0.05, 0) is 19.4 Å². The molecule has 1 aliphatic rings. The Kier molecular flexibility index (Phi) is 3.16. The molecule has 1 rings (SSSR count). The first-order chi connectivity index (χ1) is 5.33. The monoisotopic (exact) mass is 157 g/mol. The van der Waals surface area contributed by atoms with Crippen LogP contribution in [0, 0.1) is 0 Å². The van der Waals surface area contributed by atoms with Crippen molar-refractivity contribution in [1.29, 1.82) is 0 Å². The van der Waals surface area contributed by atoms with E-state index in [1.807, 2.05) is 0 Å². The quantitative estimate of drug-likeness (QED) is 0.514. The number of nitrogens with one attached hydrogen (secondary N) is 3. The summed E-state index contributed by atoms with van der Waals surface area (Å²) >= 11 is 0. The molecule has 1 atom stereocenters. The molecule has 0 saturated carbocycles. The Morgan fingerprint density at radius 3 is 3.09 bits per heavy atom. The first-order valence-electron chi connectivity index (χ1n) is 4.02. The van der Waals surface area contributed by atoms with Gasteiger partial charge in [0.05, 0.1) is 0 Å². The van der Waals surface area contributed by atoms with Gasteiger partial charge in [0.25, 0.3) is 0 Å². The molecule has 0 aliphatic carbocycles. The largest absolute Gasteiger partial charge is 0.341 e. The summed E-state index contributed by atoms with van der Waals surface area (Å²) in [5.41, 5.74) is 0. The van der Waals surface area contributed by atoms with Crippen molar-refractivity contribution in [2.45, 2.75) is 18.9 Å². The highest BCUT2D eigenvalue weighted by Crippen LogP contribution is 2.02. The van der Waals surface area contributed by atoms with Crippen LogP contribution in [0.1, 0.15) is 12.8 Å². The first kappa shape index (κ1) is 8.33. The summed E-state index contributed by atoms with van der Waals surface area (Å²) in [5, 5.41) is 8.57. The predicted octanol–water partition coefficient (Wildman–Crippen LogP) is -0.333. The third-order valence-electron chi connectivity index (χ3n) is 1.90. The minimum absolute atomic E-state index is 0.0984. The Morgan fingerprint density at radius 2 is 2.55 bits per heavy atom. The molecule has 1 saturated heterocycles. The van der Waals surface area contributed by atoms with Gasteiger partial charge >= 0.3 is 6.03 Å². The second-order valence-corrected chi connectivity index (χ2v) is 2.75. The molecule has 1 aliphatic heterocycles. The van der Waals surface area contributed by atoms with Crippen LogP contribution in [0.3, 0.4) is 0 Å². The van der Waals surface area contributed by atoms with Crippen molar-refractivity contribution in [3.05, 3.63) is 0 Å². The summed E-state index contributed by atoms with van der Waals surface area (Å²) in [4.78, 5) is 10.7. The highest BCUT2D eigenvalue weighted by molar-refractivity contribution is 5.73. The number of hydrogen-bond acceptors (Lipinski definition) is 2. The molecular weight excluding hydrogens is 142 g/mol. The van der Waals surface area contributed by atoms with Crippen LogP contribution in [0.25, 0.3) is 0 Å². The van der Waals surface area contributed by atoms with E-state index in [0.29, 0.717) is 6.04 Å². The normalized spacial score (nSPS) is 23.2. The summed E-state index contributed by atoms with van der Waals surface area (Å²) in [7, 11) is 1.62. The molecule has 4 heteroatoms. The molecule has 1 fully saturated rings. The summed E-state index contributed by atoms with van der Waals surface area (Å²) in [6.45, 7) is 1.82. The molecule has 0 aromatic carbocycles. The number of amides is 2. The Balaban J connectivity index is 2.06. The van der Waals surface area contributed by atoms with Crippen LogP contribution in [0.15, 0.2) is 0 Å². The third kappa shape index (κ3) is 2.76. The van der Waals surface area contributed by atoms with Crippen LogP contribution < -0.4 is 16.0 Å². The lowest BCUT2D eigenvalue weighted by molar-refractivity contribution is 0.242. The van der Waals surface area contributed by atoms with Crippen molar-refractivity contribution in [2.75, 3.05) is 20.1 Å². The third-order valence-corrected chi connectivity index (χ3v) is 1.90. The Bertz CT molecular complexity index is 132. The van der Waals surface area contributed by atoms with Gasteiger partial charge in [0.1, 0.15) is 0 Å². The van der Waals surface area contributed by atoms with E-state index >= 15 is 0 Å². The fourth-order valence-corrected chi connectivity index (χ4v) is 1.24. The van der Waals surface area contributed by atoms with Crippen molar-refractivity contribution < 1.29 is 4.79 Å². The van der Waals surface area contributed by atoms with E-state index in [2.05, 4.69) is 16.0 Å². The van der Waals surface area contributed by atoms with Gasteiger partial charge in [-0.1, -0.05) is 0 Å². The average molecular weight is 157 g/mol. The van der Waals surface area contributed by atoms with E-state index in [1.165, 1.54) is 12.8 Å². The topological polar surface area (TPSA) is 53.2 Å². The molecular formula is C7H15N3O. The lowest BCUT2D eigenvalue weighted by Gasteiger charge is -2.10. The zero-order chi connectivity index (χ0) is 8.10. The molecule has 0 radical (unpaired) electrons. The molecule has 0 spiro atoms. The molecule has 0 bridgehead atoms. The van der Waals surface area contributed by atoms with Gasteiger partial charge in [0.15, 0.2) is 0 Å². The van der Waals surface area contributed by atoms with Crippen LogP contribution in [0.5, 0.6) is 0 Å². The molecule has 3 N–H and O–H groups in total. The molecule has 4 nitrogen and oxygen atoms in total. The fourth-order valence-electron chi connectivity index (χ4n) is 1.24. The van der Waals surface area contributed by atoms with Gasteiger partial charge in [0.2, 0.25) is 0 Å². The van der Waals surface area contributed by atoms with E-state index in [0.717, 1.165) is 13.1 Å². The molecule has 0 aromatic rings. The van der Waals surface area contributed by atoms with E-state index in [4.69, 9.17) is 0 Å².